The highest BCUT2D eigenvalue weighted by molar-refractivity contribution is 5.95. The zero-order chi connectivity index (χ0) is 22.1. The number of carbonyl (C=O) groups is 1. The molecule has 0 fully saturated rings. The van der Waals surface area contributed by atoms with Crippen LogP contribution in [0.15, 0.2) is 61.7 Å². The van der Waals surface area contributed by atoms with Crippen molar-refractivity contribution in [1.29, 1.82) is 0 Å². The van der Waals surface area contributed by atoms with Gasteiger partial charge in [-0.15, -0.1) is 0 Å². The number of nitro groups is 1. The van der Waals surface area contributed by atoms with Crippen molar-refractivity contribution in [3.05, 3.63) is 88.5 Å². The van der Waals surface area contributed by atoms with E-state index in [-0.39, 0.29) is 41.5 Å². The fraction of sp³-hybridized carbons (Fsp3) is 0.136. The zero-order valence-corrected chi connectivity index (χ0v) is 16.3. The number of hydrogen-bond donors (Lipinski definition) is 0. The van der Waals surface area contributed by atoms with E-state index in [1.165, 1.54) is 61.7 Å². The molecule has 0 unspecified atom stereocenters. The van der Waals surface area contributed by atoms with E-state index in [9.17, 15) is 19.3 Å². The molecule has 0 aliphatic heterocycles. The van der Waals surface area contributed by atoms with Crippen molar-refractivity contribution in [2.24, 2.45) is 0 Å². The van der Waals surface area contributed by atoms with Crippen LogP contribution in [-0.4, -0.2) is 31.2 Å². The number of halogens is 1. The highest BCUT2D eigenvalue weighted by Crippen LogP contribution is 2.38. The molecule has 7 nitrogen and oxygen atoms in total. The molecule has 156 valence electrons. The van der Waals surface area contributed by atoms with Crippen molar-refractivity contribution >= 4 is 23.6 Å². The first-order valence-electron chi connectivity index (χ1n) is 8.77. The van der Waals surface area contributed by atoms with Crippen molar-refractivity contribution in [2.45, 2.75) is 0 Å². The molecule has 30 heavy (non-hydrogen) atoms. The fourth-order valence-corrected chi connectivity index (χ4v) is 2.52. The second kappa shape index (κ2) is 10.6. The number of methoxy groups -OCH3 is 1. The number of hydrogen-bond acceptors (Lipinski definition) is 6. The maximum Gasteiger partial charge on any atom is 0.342 e. The number of carbonyl (C=O) groups excluding carboxylic acids is 1. The van der Waals surface area contributed by atoms with Gasteiger partial charge in [-0.1, -0.05) is 31.4 Å². The maximum absolute atomic E-state index is 14.8. The largest absolute Gasteiger partial charge is 0.492 e. The van der Waals surface area contributed by atoms with Crippen LogP contribution in [-0.2, 0) is 4.74 Å². The van der Waals surface area contributed by atoms with Crippen LogP contribution in [0.25, 0.3) is 11.9 Å². The number of rotatable bonds is 10. The van der Waals surface area contributed by atoms with E-state index in [0.717, 1.165) is 0 Å². The molecule has 0 aromatic heterocycles. The fourth-order valence-electron chi connectivity index (χ4n) is 2.52. The summed E-state index contributed by atoms with van der Waals surface area (Å²) >= 11 is 0. The lowest BCUT2D eigenvalue weighted by atomic mass is 10.1. The number of non-ortho nitro benzene ring substituents is 1. The quantitative estimate of drug-likeness (QED) is 0.179. The van der Waals surface area contributed by atoms with Gasteiger partial charge in [0.1, 0.15) is 24.6 Å². The lowest BCUT2D eigenvalue weighted by Gasteiger charge is -2.16. The maximum atomic E-state index is 14.8. The Balaban J connectivity index is 2.49. The van der Waals surface area contributed by atoms with Gasteiger partial charge in [0.25, 0.3) is 5.69 Å². The predicted molar refractivity (Wildman–Crippen MR) is 111 cm³/mol. The van der Waals surface area contributed by atoms with Gasteiger partial charge in [-0.25, -0.2) is 9.18 Å². The highest BCUT2D eigenvalue weighted by Gasteiger charge is 2.21. The molecule has 0 bridgehead atoms. The molecule has 0 saturated carbocycles. The summed E-state index contributed by atoms with van der Waals surface area (Å²) in [5.74, 6) is -1.10. The number of nitrogens with zero attached hydrogens (tertiary/aromatic N) is 1. The van der Waals surface area contributed by atoms with Gasteiger partial charge in [0, 0.05) is 23.3 Å². The average Bonchev–Trinajstić information content (AvgIpc) is 2.75. The Kier molecular flexibility index (Phi) is 7.87. The summed E-state index contributed by atoms with van der Waals surface area (Å²) in [7, 11) is 1.36. The van der Waals surface area contributed by atoms with Gasteiger partial charge in [0.2, 0.25) is 0 Å². The molecule has 2 rings (SSSR count). The van der Waals surface area contributed by atoms with Crippen LogP contribution in [0.5, 0.6) is 11.5 Å². The van der Waals surface area contributed by atoms with Crippen LogP contribution in [0.1, 0.15) is 21.5 Å². The number of esters is 1. The molecule has 0 saturated heterocycles. The van der Waals surface area contributed by atoms with E-state index in [2.05, 4.69) is 13.2 Å². The molecule has 8 heteroatoms. The van der Waals surface area contributed by atoms with Crippen LogP contribution in [0, 0.1) is 10.1 Å². The Hall–Kier alpha value is -3.94. The van der Waals surface area contributed by atoms with Crippen LogP contribution >= 0.6 is 0 Å². The lowest BCUT2D eigenvalue weighted by molar-refractivity contribution is -0.384. The molecule has 0 atom stereocenters. The summed E-state index contributed by atoms with van der Waals surface area (Å²) in [5, 5.41) is 10.7. The molecular weight excluding hydrogens is 393 g/mol. The molecule has 2 aromatic carbocycles. The number of benzene rings is 2. The minimum atomic E-state index is -0.654. The van der Waals surface area contributed by atoms with Crippen molar-refractivity contribution in [3.8, 4) is 11.5 Å². The van der Waals surface area contributed by atoms with E-state index in [1.54, 1.807) is 0 Å². The molecular formula is C22H20FNO6. The standard InChI is InChI=1S/C22H20FNO6/c1-4-12-29-21-18(22(25)30-13-5-2)11-8-16(20(21)28-3)14-19(23)15-6-9-17(10-7-15)24(26)27/h4-11,14H,1-2,12-13H2,3H3/b19-14-. The molecule has 0 heterocycles. The second-order valence-corrected chi connectivity index (χ2v) is 5.85. The van der Waals surface area contributed by atoms with Gasteiger partial charge in [0.05, 0.1) is 12.0 Å². The molecule has 0 spiro atoms. The summed E-state index contributed by atoms with van der Waals surface area (Å²) in [6.45, 7) is 7.15. The van der Waals surface area contributed by atoms with Gasteiger partial charge in [0.15, 0.2) is 11.5 Å². The van der Waals surface area contributed by atoms with Crippen LogP contribution in [0.4, 0.5) is 10.1 Å². The summed E-state index contributed by atoms with van der Waals surface area (Å²) in [6, 6.07) is 7.92. The number of nitro benzene ring substituents is 1. The Morgan fingerprint density at radius 1 is 1.10 bits per heavy atom. The van der Waals surface area contributed by atoms with Crippen molar-refractivity contribution in [3.63, 3.8) is 0 Å². The highest BCUT2D eigenvalue weighted by atomic mass is 19.1. The Bertz CT molecular complexity index is 982. The topological polar surface area (TPSA) is 87.9 Å². The first kappa shape index (κ1) is 22.4. The zero-order valence-electron chi connectivity index (χ0n) is 16.3. The third kappa shape index (κ3) is 5.32. The van der Waals surface area contributed by atoms with Crippen LogP contribution < -0.4 is 9.47 Å². The molecule has 0 amide bonds. The van der Waals surface area contributed by atoms with Crippen molar-refractivity contribution in [2.75, 3.05) is 20.3 Å². The lowest BCUT2D eigenvalue weighted by Crippen LogP contribution is -2.10. The smallest absolute Gasteiger partial charge is 0.342 e. The molecule has 0 aliphatic rings. The van der Waals surface area contributed by atoms with Gasteiger partial charge >= 0.3 is 5.97 Å². The van der Waals surface area contributed by atoms with Crippen molar-refractivity contribution < 1.29 is 28.3 Å². The summed E-state index contributed by atoms with van der Waals surface area (Å²) < 4.78 is 30.8. The summed E-state index contributed by atoms with van der Waals surface area (Å²) in [6.07, 6.45) is 4.09. The minimum absolute atomic E-state index is 0.0124. The molecule has 0 radical (unpaired) electrons. The van der Waals surface area contributed by atoms with E-state index < -0.39 is 16.7 Å². The SMILES string of the molecule is C=CCOC(=O)c1ccc(/C=C(\F)c2ccc([N+](=O)[O-])cc2)c(OC)c1OCC=C. The summed E-state index contributed by atoms with van der Waals surface area (Å²) in [4.78, 5) is 22.5. The molecule has 0 N–H and O–H groups in total. The first-order chi connectivity index (χ1) is 14.4. The molecule has 2 aromatic rings. The van der Waals surface area contributed by atoms with Gasteiger partial charge in [-0.3, -0.25) is 10.1 Å². The van der Waals surface area contributed by atoms with E-state index in [4.69, 9.17) is 14.2 Å². The Labute approximate surface area is 172 Å². The predicted octanol–water partition coefficient (Wildman–Crippen LogP) is 4.98. The van der Waals surface area contributed by atoms with E-state index in [1.807, 2.05) is 0 Å². The average molecular weight is 413 g/mol. The van der Waals surface area contributed by atoms with Crippen molar-refractivity contribution in [1.82, 2.24) is 0 Å². The number of ether oxygens (including phenoxy) is 3. The second-order valence-electron chi connectivity index (χ2n) is 5.85. The monoisotopic (exact) mass is 413 g/mol. The normalized spacial score (nSPS) is 10.8. The van der Waals surface area contributed by atoms with Gasteiger partial charge in [-0.05, 0) is 24.3 Å². The first-order valence-corrected chi connectivity index (χ1v) is 8.77. The van der Waals surface area contributed by atoms with Crippen LogP contribution in [0.2, 0.25) is 0 Å². The third-order valence-electron chi connectivity index (χ3n) is 3.88. The Morgan fingerprint density at radius 3 is 2.33 bits per heavy atom. The Morgan fingerprint density at radius 2 is 1.77 bits per heavy atom. The van der Waals surface area contributed by atoms with E-state index >= 15 is 0 Å². The van der Waals surface area contributed by atoms with Gasteiger partial charge in [-0.2, -0.15) is 0 Å². The van der Waals surface area contributed by atoms with Gasteiger partial charge < -0.3 is 14.2 Å². The third-order valence-corrected chi connectivity index (χ3v) is 3.88. The van der Waals surface area contributed by atoms with Crippen LogP contribution in [0.3, 0.4) is 0 Å². The minimum Gasteiger partial charge on any atom is -0.492 e. The summed E-state index contributed by atoms with van der Waals surface area (Å²) in [5.41, 5.74) is 0.397. The van der Waals surface area contributed by atoms with E-state index in [0.29, 0.717) is 5.56 Å². The molecule has 0 aliphatic carbocycles.